The highest BCUT2D eigenvalue weighted by Gasteiger charge is 2.18. The van der Waals surface area contributed by atoms with E-state index in [1.807, 2.05) is 18.2 Å². The van der Waals surface area contributed by atoms with Gasteiger partial charge in [-0.3, -0.25) is 9.69 Å². The van der Waals surface area contributed by atoms with Crippen LogP contribution in [-0.4, -0.2) is 56.4 Å². The highest BCUT2D eigenvalue weighted by atomic mass is 16.5. The van der Waals surface area contributed by atoms with Crippen molar-refractivity contribution in [3.8, 4) is 11.5 Å². The van der Waals surface area contributed by atoms with Crippen LogP contribution in [0.4, 0.5) is 0 Å². The Kier molecular flexibility index (Phi) is 6.53. The second-order valence-corrected chi connectivity index (χ2v) is 6.64. The summed E-state index contributed by atoms with van der Waals surface area (Å²) in [5, 5.41) is 3.00. The number of nitrogens with one attached hydrogen (secondary N) is 1. The number of nitrogens with zero attached hydrogens (tertiary/aromatic N) is 1. The van der Waals surface area contributed by atoms with Crippen LogP contribution in [0.2, 0.25) is 0 Å². The molecule has 0 radical (unpaired) electrons. The first kappa shape index (κ1) is 18.0. The molecule has 2 heterocycles. The molecule has 2 aliphatic heterocycles. The fourth-order valence-corrected chi connectivity index (χ4v) is 3.15. The number of amides is 1. The third kappa shape index (κ3) is 5.34. The van der Waals surface area contributed by atoms with E-state index in [0.29, 0.717) is 32.2 Å². The molecular formula is C19H28N2O4. The van der Waals surface area contributed by atoms with Gasteiger partial charge in [0.25, 0.3) is 0 Å². The lowest BCUT2D eigenvalue weighted by Crippen LogP contribution is -2.42. The Labute approximate surface area is 149 Å². The first-order valence-corrected chi connectivity index (χ1v) is 9.19. The molecule has 1 atom stereocenters. The molecular weight excluding hydrogens is 320 g/mol. The number of hydrogen-bond acceptors (Lipinski definition) is 5. The van der Waals surface area contributed by atoms with E-state index in [-0.39, 0.29) is 5.91 Å². The number of ether oxygens (including phenoxy) is 3. The minimum atomic E-state index is 0.0900. The summed E-state index contributed by atoms with van der Waals surface area (Å²) >= 11 is 0. The second kappa shape index (κ2) is 9.06. The summed E-state index contributed by atoms with van der Waals surface area (Å²) in [4.78, 5) is 14.5. The van der Waals surface area contributed by atoms with Gasteiger partial charge < -0.3 is 19.5 Å². The average molecular weight is 348 g/mol. The van der Waals surface area contributed by atoms with Crippen LogP contribution >= 0.6 is 0 Å². The topological polar surface area (TPSA) is 60.0 Å². The number of carbonyl (C=O) groups excluding carboxylic acids is 1. The molecule has 0 unspecified atom stereocenters. The zero-order valence-electron chi connectivity index (χ0n) is 15.0. The molecule has 1 saturated heterocycles. The van der Waals surface area contributed by atoms with Gasteiger partial charge in [-0.25, -0.2) is 0 Å². The van der Waals surface area contributed by atoms with Gasteiger partial charge in [0.05, 0.1) is 26.4 Å². The molecule has 6 heteroatoms. The summed E-state index contributed by atoms with van der Waals surface area (Å²) in [6.07, 6.45) is 2.30. The number of hydrogen-bond donors (Lipinski definition) is 1. The minimum absolute atomic E-state index is 0.0900. The molecule has 1 aromatic rings. The summed E-state index contributed by atoms with van der Waals surface area (Å²) in [6.45, 7) is 7.55. The van der Waals surface area contributed by atoms with E-state index in [1.165, 1.54) is 0 Å². The third-order valence-electron chi connectivity index (χ3n) is 4.76. The summed E-state index contributed by atoms with van der Waals surface area (Å²) < 4.78 is 16.7. The Hall–Kier alpha value is -1.79. The van der Waals surface area contributed by atoms with Crippen molar-refractivity contribution in [2.45, 2.75) is 38.8 Å². The van der Waals surface area contributed by atoms with E-state index in [4.69, 9.17) is 14.2 Å². The molecule has 138 valence electrons. The highest BCUT2D eigenvalue weighted by molar-refractivity contribution is 5.75. The summed E-state index contributed by atoms with van der Waals surface area (Å²) in [7, 11) is 0. The number of rotatable bonds is 6. The molecule has 1 aromatic carbocycles. The molecule has 0 saturated carbocycles. The lowest BCUT2D eigenvalue weighted by molar-refractivity contribution is -0.121. The summed E-state index contributed by atoms with van der Waals surface area (Å²) in [5.74, 6) is 1.64. The smallest absolute Gasteiger partial charge is 0.220 e. The quantitative estimate of drug-likeness (QED) is 0.852. The van der Waals surface area contributed by atoms with Crippen LogP contribution in [0.3, 0.4) is 0 Å². The molecule has 25 heavy (non-hydrogen) atoms. The van der Waals surface area contributed by atoms with Crippen molar-refractivity contribution < 1.29 is 19.0 Å². The van der Waals surface area contributed by atoms with E-state index < -0.39 is 0 Å². The average Bonchev–Trinajstić information content (AvgIpc) is 2.90. The van der Waals surface area contributed by atoms with Crippen molar-refractivity contribution in [1.82, 2.24) is 10.2 Å². The number of carbonyl (C=O) groups is 1. The fourth-order valence-electron chi connectivity index (χ4n) is 3.15. The van der Waals surface area contributed by atoms with Gasteiger partial charge in [0.2, 0.25) is 5.91 Å². The maximum atomic E-state index is 12.1. The molecule has 0 aliphatic carbocycles. The van der Waals surface area contributed by atoms with Crippen LogP contribution in [-0.2, 0) is 16.1 Å². The zero-order valence-corrected chi connectivity index (χ0v) is 15.0. The molecule has 1 amide bonds. The van der Waals surface area contributed by atoms with Crippen molar-refractivity contribution in [1.29, 1.82) is 0 Å². The largest absolute Gasteiger partial charge is 0.490 e. The van der Waals surface area contributed by atoms with Crippen LogP contribution in [0.1, 0.15) is 31.7 Å². The molecule has 1 fully saturated rings. The van der Waals surface area contributed by atoms with Gasteiger partial charge in [0.15, 0.2) is 11.5 Å². The lowest BCUT2D eigenvalue weighted by atomic mass is 10.1. The second-order valence-electron chi connectivity index (χ2n) is 6.64. The van der Waals surface area contributed by atoms with Crippen LogP contribution in [0.5, 0.6) is 11.5 Å². The van der Waals surface area contributed by atoms with Crippen molar-refractivity contribution in [3.63, 3.8) is 0 Å². The van der Waals surface area contributed by atoms with E-state index in [1.54, 1.807) is 0 Å². The first-order chi connectivity index (χ1) is 12.2. The zero-order chi connectivity index (χ0) is 17.5. The van der Waals surface area contributed by atoms with E-state index in [0.717, 1.165) is 56.2 Å². The molecule has 0 aromatic heterocycles. The van der Waals surface area contributed by atoms with Crippen molar-refractivity contribution in [2.75, 3.05) is 39.5 Å². The predicted octanol–water partition coefficient (Wildman–Crippen LogP) is 1.96. The van der Waals surface area contributed by atoms with Gasteiger partial charge in [0, 0.05) is 38.5 Å². The maximum Gasteiger partial charge on any atom is 0.220 e. The minimum Gasteiger partial charge on any atom is -0.490 e. The molecule has 0 bridgehead atoms. The molecule has 2 aliphatic rings. The van der Waals surface area contributed by atoms with Gasteiger partial charge in [0.1, 0.15) is 0 Å². The summed E-state index contributed by atoms with van der Waals surface area (Å²) in [6, 6.07) is 6.26. The van der Waals surface area contributed by atoms with E-state index >= 15 is 0 Å². The predicted molar refractivity (Wildman–Crippen MR) is 95.0 cm³/mol. The maximum absolute atomic E-state index is 12.1. The fraction of sp³-hybridized carbons (Fsp3) is 0.632. The van der Waals surface area contributed by atoms with Gasteiger partial charge in [-0.15, -0.1) is 0 Å². The van der Waals surface area contributed by atoms with Gasteiger partial charge >= 0.3 is 0 Å². The lowest BCUT2D eigenvalue weighted by Gasteiger charge is -2.32. The Morgan fingerprint density at radius 1 is 1.16 bits per heavy atom. The highest BCUT2D eigenvalue weighted by Crippen LogP contribution is 2.30. The van der Waals surface area contributed by atoms with Crippen molar-refractivity contribution in [2.24, 2.45) is 0 Å². The van der Waals surface area contributed by atoms with Crippen molar-refractivity contribution in [3.05, 3.63) is 23.8 Å². The molecule has 6 nitrogen and oxygen atoms in total. The molecule has 3 rings (SSSR count). The Morgan fingerprint density at radius 2 is 1.92 bits per heavy atom. The Morgan fingerprint density at radius 3 is 2.72 bits per heavy atom. The number of fused-ring (bicyclic) bond motifs is 1. The molecule has 0 spiro atoms. The van der Waals surface area contributed by atoms with Gasteiger partial charge in [-0.2, -0.15) is 0 Å². The van der Waals surface area contributed by atoms with Gasteiger partial charge in [-0.1, -0.05) is 6.07 Å². The Bertz CT molecular complexity index is 573. The summed E-state index contributed by atoms with van der Waals surface area (Å²) in [5.41, 5.74) is 1.03. The number of benzene rings is 1. The van der Waals surface area contributed by atoms with Crippen LogP contribution in [0.25, 0.3) is 0 Å². The van der Waals surface area contributed by atoms with E-state index in [2.05, 4.69) is 17.1 Å². The standard InChI is InChI=1S/C19H28N2O4/c1-15(21-7-11-23-12-8-21)3-6-19(22)20-14-16-4-5-17-18(13-16)25-10-2-9-24-17/h4-5,13,15H,2-3,6-12,14H2,1H3,(H,20,22)/t15-/m1/s1. The SMILES string of the molecule is C[C@H](CCC(=O)NCc1ccc2c(c1)OCCCO2)N1CCOCC1. The Balaban J connectivity index is 1.42. The van der Waals surface area contributed by atoms with E-state index in [9.17, 15) is 4.79 Å². The molecule has 1 N–H and O–H groups in total. The third-order valence-corrected chi connectivity index (χ3v) is 4.76. The monoisotopic (exact) mass is 348 g/mol. The van der Waals surface area contributed by atoms with Crippen LogP contribution in [0.15, 0.2) is 18.2 Å². The van der Waals surface area contributed by atoms with Gasteiger partial charge in [-0.05, 0) is 31.0 Å². The first-order valence-electron chi connectivity index (χ1n) is 9.19. The number of morpholine rings is 1. The van der Waals surface area contributed by atoms with Crippen molar-refractivity contribution >= 4 is 5.91 Å². The van der Waals surface area contributed by atoms with Crippen LogP contribution in [0, 0.1) is 0 Å². The normalized spacial score (nSPS) is 19.1. The van der Waals surface area contributed by atoms with Crippen LogP contribution < -0.4 is 14.8 Å².